The van der Waals surface area contributed by atoms with Gasteiger partial charge in [0.2, 0.25) is 5.66 Å². The summed E-state index contributed by atoms with van der Waals surface area (Å²) in [5.74, 6) is 0.313. The molecule has 1 aromatic carbocycles. The van der Waals surface area contributed by atoms with Crippen LogP contribution in [0.25, 0.3) is 0 Å². The molecule has 13 heteroatoms. The fourth-order valence-electron chi connectivity index (χ4n) is 6.38. The second-order valence-corrected chi connectivity index (χ2v) is 11.7. The topological polar surface area (TPSA) is 194 Å². The lowest BCUT2D eigenvalue weighted by Gasteiger charge is -2.43. The number of hydrogen-bond donors (Lipinski definition) is 7. The summed E-state index contributed by atoms with van der Waals surface area (Å²) >= 11 is 0. The van der Waals surface area contributed by atoms with E-state index in [9.17, 15) is 14.7 Å². The van der Waals surface area contributed by atoms with Crippen LogP contribution >= 0.6 is 0 Å². The highest BCUT2D eigenvalue weighted by Gasteiger charge is 2.68. The number of pyridine rings is 1. The lowest BCUT2D eigenvalue weighted by atomic mass is 9.79. The third-order valence-corrected chi connectivity index (χ3v) is 8.66. The number of rotatable bonds is 5. The maximum absolute atomic E-state index is 13.6. The summed E-state index contributed by atoms with van der Waals surface area (Å²) in [7, 11) is 0. The maximum atomic E-state index is 13.6. The maximum Gasteiger partial charge on any atom is 0.343 e. The van der Waals surface area contributed by atoms with Crippen molar-refractivity contribution >= 4 is 23.7 Å². The minimum Gasteiger partial charge on any atom is -0.492 e. The van der Waals surface area contributed by atoms with Crippen molar-refractivity contribution in [3.63, 3.8) is 0 Å². The van der Waals surface area contributed by atoms with Gasteiger partial charge in [0, 0.05) is 30.5 Å². The zero-order valence-corrected chi connectivity index (χ0v) is 23.3. The molecule has 1 spiro atoms. The van der Waals surface area contributed by atoms with Gasteiger partial charge in [-0.3, -0.25) is 25.3 Å². The monoisotopic (exact) mass is 562 g/mol. The molecular weight excluding hydrogens is 526 g/mol. The Morgan fingerprint density at radius 2 is 2.05 bits per heavy atom. The van der Waals surface area contributed by atoms with Gasteiger partial charge in [-0.15, -0.1) is 0 Å². The van der Waals surface area contributed by atoms with Gasteiger partial charge in [-0.25, -0.2) is 10.3 Å². The van der Waals surface area contributed by atoms with Gasteiger partial charge in [-0.2, -0.15) is 0 Å². The smallest absolute Gasteiger partial charge is 0.343 e. The average Bonchev–Trinajstić information content (AvgIpc) is 3.43. The molecule has 1 fully saturated rings. The van der Waals surface area contributed by atoms with Gasteiger partial charge in [0.15, 0.2) is 12.0 Å². The Labute approximate surface area is 237 Å². The van der Waals surface area contributed by atoms with Crippen molar-refractivity contribution in [2.24, 2.45) is 16.5 Å². The molecule has 0 bridgehead atoms. The average molecular weight is 563 g/mol. The van der Waals surface area contributed by atoms with E-state index in [1.807, 2.05) is 19.1 Å². The number of hydrogen-bond acceptors (Lipinski definition) is 10. The van der Waals surface area contributed by atoms with Crippen LogP contribution < -0.4 is 37.1 Å². The van der Waals surface area contributed by atoms with E-state index in [4.69, 9.17) is 16.2 Å². The Balaban J connectivity index is 1.22. The molecule has 4 aliphatic rings. The Bertz CT molecular complexity index is 1460. The number of amides is 2. The van der Waals surface area contributed by atoms with Gasteiger partial charge in [0.1, 0.15) is 17.9 Å². The van der Waals surface area contributed by atoms with Gasteiger partial charge in [-0.1, -0.05) is 26.0 Å². The number of carbonyl (C=O) groups excluding carboxylic acids is 2. The van der Waals surface area contributed by atoms with Gasteiger partial charge in [-0.05, 0) is 37.0 Å². The molecule has 9 N–H and O–H groups in total. The first kappa shape index (κ1) is 26.8. The van der Waals surface area contributed by atoms with Crippen LogP contribution in [0.4, 0.5) is 0 Å². The number of carbonyl (C=O) groups is 2. The molecule has 5 atom stereocenters. The minimum atomic E-state index is -1.19. The quantitative estimate of drug-likeness (QED) is 0.205. The first-order valence-corrected chi connectivity index (χ1v) is 13.8. The molecule has 2 aromatic rings. The summed E-state index contributed by atoms with van der Waals surface area (Å²) in [5.41, 5.74) is 13.9. The van der Waals surface area contributed by atoms with Crippen LogP contribution in [-0.2, 0) is 5.41 Å². The predicted molar refractivity (Wildman–Crippen MR) is 150 cm³/mol. The number of aryl methyl sites for hydroxylation is 1. The molecule has 4 aliphatic heterocycles. The number of nitrogens with zero attached hydrogens (tertiary/aromatic N) is 3. The largest absolute Gasteiger partial charge is 0.492 e. The molecule has 41 heavy (non-hydrogen) atoms. The third kappa shape index (κ3) is 4.31. The van der Waals surface area contributed by atoms with E-state index < -0.39 is 29.9 Å². The number of aromatic nitrogens is 1. The normalized spacial score (nSPS) is 29.1. The Kier molecular flexibility index (Phi) is 6.29. The SMILES string of the molecule is Cc1ccc(C(=O)NC[C@@H]2N=C(N)N3CC(NC(=O)c4cccc5c4OCCC5(C)C)[C@@H](O)[C@@]34NC(N)=[NH+][C@@H]24)cn1. The summed E-state index contributed by atoms with van der Waals surface area (Å²) in [6.45, 7) is 6.94. The van der Waals surface area contributed by atoms with Gasteiger partial charge >= 0.3 is 5.96 Å². The molecule has 6 rings (SSSR count). The molecule has 0 saturated carbocycles. The molecule has 5 heterocycles. The summed E-state index contributed by atoms with van der Waals surface area (Å²) < 4.78 is 5.94. The van der Waals surface area contributed by atoms with E-state index in [2.05, 4.69) is 44.8 Å². The second-order valence-electron chi connectivity index (χ2n) is 11.7. The van der Waals surface area contributed by atoms with Crippen molar-refractivity contribution in [3.05, 3.63) is 58.9 Å². The number of aliphatic hydroxyl groups is 1. The molecule has 0 aliphatic carbocycles. The Hall–Kier alpha value is -4.39. The first-order valence-electron chi connectivity index (χ1n) is 13.8. The number of aliphatic imine (C=N–C) groups is 1. The fraction of sp³-hybridized carbons (Fsp3) is 0.464. The van der Waals surface area contributed by atoms with Crippen LogP contribution in [0.2, 0.25) is 0 Å². The van der Waals surface area contributed by atoms with Crippen molar-refractivity contribution in [2.75, 3.05) is 19.7 Å². The van der Waals surface area contributed by atoms with Crippen molar-refractivity contribution in [2.45, 2.75) is 62.5 Å². The highest BCUT2D eigenvalue weighted by atomic mass is 16.5. The minimum absolute atomic E-state index is 0.123. The number of benzene rings is 1. The molecule has 216 valence electrons. The summed E-state index contributed by atoms with van der Waals surface area (Å²) in [5, 5.41) is 20.8. The van der Waals surface area contributed by atoms with Crippen molar-refractivity contribution < 1.29 is 24.4 Å². The number of aliphatic hydroxyl groups excluding tert-OH is 1. The standard InChI is InChI=1S/C28H35N9O4/c1-14-7-8-15(11-31-14)23(39)32-12-18-21-28(36-25(29)35-21)22(38)19(13-37(28)26(30)34-18)33-24(40)16-5-4-6-17-20(16)41-10-9-27(17,2)3/h4-8,11,18-19,21-22,38H,9-10,12-13H2,1-3H3,(H2,30,34)(H,32,39)(H,33,40)(H3,29,35,36)/p+1/t18-,19?,21-,22+,28-/m0/s1. The van der Waals surface area contributed by atoms with Crippen LogP contribution in [0, 0.1) is 6.92 Å². The molecule has 0 radical (unpaired) electrons. The number of guanidine groups is 2. The van der Waals surface area contributed by atoms with E-state index in [1.54, 1.807) is 23.1 Å². The number of ether oxygens (including phenoxy) is 1. The molecule has 13 nitrogen and oxygen atoms in total. The van der Waals surface area contributed by atoms with E-state index in [1.165, 1.54) is 6.20 Å². The van der Waals surface area contributed by atoms with Gasteiger partial charge in [0.25, 0.3) is 11.8 Å². The first-order chi connectivity index (χ1) is 19.5. The Morgan fingerprint density at radius 1 is 1.24 bits per heavy atom. The van der Waals surface area contributed by atoms with Crippen molar-refractivity contribution in [1.29, 1.82) is 0 Å². The number of para-hydroxylation sites is 1. The lowest BCUT2D eigenvalue weighted by molar-refractivity contribution is -0.513. The lowest BCUT2D eigenvalue weighted by Crippen LogP contribution is -2.88. The molecule has 1 aromatic heterocycles. The number of nitrogens with two attached hydrogens (primary N) is 2. The zero-order chi connectivity index (χ0) is 29.1. The van der Waals surface area contributed by atoms with E-state index in [-0.39, 0.29) is 42.2 Å². The van der Waals surface area contributed by atoms with E-state index in [0.29, 0.717) is 23.5 Å². The fourth-order valence-corrected chi connectivity index (χ4v) is 6.38. The highest BCUT2D eigenvalue weighted by Crippen LogP contribution is 2.41. The van der Waals surface area contributed by atoms with Crippen LogP contribution in [-0.4, -0.2) is 88.3 Å². The zero-order valence-electron chi connectivity index (χ0n) is 23.3. The molecule has 1 saturated heterocycles. The predicted octanol–water partition coefficient (Wildman–Crippen LogP) is -2.58. The number of fused-ring (bicyclic) bond motifs is 1. The number of nitrogens with one attached hydrogen (secondary N) is 4. The molecule has 2 amide bonds. The van der Waals surface area contributed by atoms with Crippen molar-refractivity contribution in [1.82, 2.24) is 25.8 Å². The van der Waals surface area contributed by atoms with Crippen LogP contribution in [0.5, 0.6) is 5.75 Å². The van der Waals surface area contributed by atoms with Gasteiger partial charge in [0.05, 0.1) is 23.8 Å². The van der Waals surface area contributed by atoms with Crippen molar-refractivity contribution in [3.8, 4) is 5.75 Å². The van der Waals surface area contributed by atoms with E-state index >= 15 is 0 Å². The summed E-state index contributed by atoms with van der Waals surface area (Å²) in [6, 6.07) is 7.19. The summed E-state index contributed by atoms with van der Waals surface area (Å²) in [6.07, 6.45) is 1.23. The van der Waals surface area contributed by atoms with E-state index in [0.717, 1.165) is 17.7 Å². The van der Waals surface area contributed by atoms with Crippen LogP contribution in [0.3, 0.4) is 0 Å². The summed E-state index contributed by atoms with van der Waals surface area (Å²) in [4.78, 5) is 40.0. The second kappa shape index (κ2) is 9.61. The molecular formula is C28H36N9O4+. The van der Waals surface area contributed by atoms with Crippen LogP contribution in [0.1, 0.15) is 52.2 Å². The third-order valence-electron chi connectivity index (χ3n) is 8.66. The van der Waals surface area contributed by atoms with Gasteiger partial charge < -0.3 is 31.1 Å². The molecule has 1 unspecified atom stereocenters. The Morgan fingerprint density at radius 3 is 2.80 bits per heavy atom. The highest BCUT2D eigenvalue weighted by molar-refractivity contribution is 5.98. The van der Waals surface area contributed by atoms with Crippen LogP contribution in [0.15, 0.2) is 41.5 Å².